The molecular formula is C28H26ClN3O2. The molecule has 0 spiro atoms. The zero-order valence-electron chi connectivity index (χ0n) is 18.9. The number of amides is 1. The number of rotatable bonds is 6. The zero-order valence-corrected chi connectivity index (χ0v) is 19.6. The molecule has 0 saturated carbocycles. The average molecular weight is 472 g/mol. The molecule has 6 heteroatoms. The van der Waals surface area contributed by atoms with Gasteiger partial charge in [-0.2, -0.15) is 0 Å². The maximum absolute atomic E-state index is 13.3. The fraction of sp³-hybridized carbons (Fsp3) is 0.250. The summed E-state index contributed by atoms with van der Waals surface area (Å²) in [6, 6.07) is 21.6. The van der Waals surface area contributed by atoms with Gasteiger partial charge in [0.05, 0.1) is 12.1 Å². The standard InChI is InChI=1S/C28H26ClN3O2/c29-24-10-4-8-21(14-24)16-26-18-31-27(34-26)23-9-5-13-32(19-23)28(33)22-11-12-30-25(17-22)15-20-6-2-1-3-7-20/h1-4,6-8,10-12,14,17-18,23H,5,9,13,15-16,19H2/t23-/m0/s1. The summed E-state index contributed by atoms with van der Waals surface area (Å²) in [5, 5.41) is 0.710. The van der Waals surface area contributed by atoms with E-state index in [-0.39, 0.29) is 11.8 Å². The van der Waals surface area contributed by atoms with Gasteiger partial charge in [0.25, 0.3) is 5.91 Å². The molecule has 5 rings (SSSR count). The van der Waals surface area contributed by atoms with Crippen LogP contribution in [0.25, 0.3) is 0 Å². The van der Waals surface area contributed by atoms with Crippen molar-refractivity contribution in [2.45, 2.75) is 31.6 Å². The number of pyridine rings is 1. The molecule has 1 amide bonds. The van der Waals surface area contributed by atoms with Crippen molar-refractivity contribution in [3.8, 4) is 0 Å². The summed E-state index contributed by atoms with van der Waals surface area (Å²) >= 11 is 6.10. The highest BCUT2D eigenvalue weighted by Crippen LogP contribution is 2.28. The number of aromatic nitrogens is 2. The zero-order chi connectivity index (χ0) is 23.3. The maximum Gasteiger partial charge on any atom is 0.253 e. The molecule has 34 heavy (non-hydrogen) atoms. The van der Waals surface area contributed by atoms with Gasteiger partial charge in [0, 0.05) is 48.4 Å². The maximum atomic E-state index is 13.3. The Balaban J connectivity index is 1.25. The van der Waals surface area contributed by atoms with Crippen LogP contribution >= 0.6 is 11.6 Å². The minimum absolute atomic E-state index is 0.0344. The van der Waals surface area contributed by atoms with Crippen molar-refractivity contribution in [1.82, 2.24) is 14.9 Å². The second-order valence-electron chi connectivity index (χ2n) is 8.76. The lowest BCUT2D eigenvalue weighted by Crippen LogP contribution is -2.39. The van der Waals surface area contributed by atoms with Crippen LogP contribution in [0.15, 0.2) is 83.5 Å². The fourth-order valence-electron chi connectivity index (χ4n) is 4.50. The summed E-state index contributed by atoms with van der Waals surface area (Å²) in [5.41, 5.74) is 3.83. The third-order valence-electron chi connectivity index (χ3n) is 6.19. The fourth-order valence-corrected chi connectivity index (χ4v) is 4.71. The predicted octanol–water partition coefficient (Wildman–Crippen LogP) is 5.92. The van der Waals surface area contributed by atoms with E-state index in [9.17, 15) is 4.79 Å². The summed E-state index contributed by atoms with van der Waals surface area (Å²) in [5.74, 6) is 1.64. The van der Waals surface area contributed by atoms with Crippen molar-refractivity contribution in [3.63, 3.8) is 0 Å². The molecule has 1 fully saturated rings. The summed E-state index contributed by atoms with van der Waals surface area (Å²) in [7, 11) is 0. The van der Waals surface area contributed by atoms with Gasteiger partial charge in [-0.3, -0.25) is 9.78 Å². The third kappa shape index (κ3) is 5.37. The van der Waals surface area contributed by atoms with E-state index < -0.39 is 0 Å². The van der Waals surface area contributed by atoms with Gasteiger partial charge in [-0.1, -0.05) is 54.1 Å². The first kappa shape index (κ1) is 22.4. The van der Waals surface area contributed by atoms with Gasteiger partial charge < -0.3 is 9.32 Å². The molecule has 0 radical (unpaired) electrons. The lowest BCUT2D eigenvalue weighted by molar-refractivity contribution is 0.0697. The Bertz CT molecular complexity index is 1270. The Morgan fingerprint density at radius 1 is 1.00 bits per heavy atom. The van der Waals surface area contributed by atoms with Crippen molar-refractivity contribution in [1.29, 1.82) is 0 Å². The normalized spacial score (nSPS) is 15.9. The molecule has 2 aromatic carbocycles. The van der Waals surface area contributed by atoms with Crippen molar-refractivity contribution < 1.29 is 9.21 Å². The van der Waals surface area contributed by atoms with Crippen LogP contribution in [0.2, 0.25) is 5.02 Å². The van der Waals surface area contributed by atoms with E-state index in [4.69, 9.17) is 16.0 Å². The number of hydrogen-bond donors (Lipinski definition) is 0. The van der Waals surface area contributed by atoms with Crippen LogP contribution in [-0.4, -0.2) is 33.9 Å². The Labute approximate surface area is 204 Å². The van der Waals surface area contributed by atoms with Gasteiger partial charge in [0.2, 0.25) is 0 Å². The predicted molar refractivity (Wildman–Crippen MR) is 132 cm³/mol. The third-order valence-corrected chi connectivity index (χ3v) is 6.42. The first-order chi connectivity index (χ1) is 16.6. The van der Waals surface area contributed by atoms with Gasteiger partial charge >= 0.3 is 0 Å². The molecule has 0 bridgehead atoms. The number of halogens is 1. The Morgan fingerprint density at radius 2 is 1.85 bits per heavy atom. The number of hydrogen-bond acceptors (Lipinski definition) is 4. The van der Waals surface area contributed by atoms with Crippen LogP contribution in [0.1, 0.15) is 57.6 Å². The lowest BCUT2D eigenvalue weighted by Gasteiger charge is -2.31. The molecule has 0 N–H and O–H groups in total. The quantitative estimate of drug-likeness (QED) is 0.350. The highest BCUT2D eigenvalue weighted by Gasteiger charge is 2.28. The van der Waals surface area contributed by atoms with Crippen LogP contribution in [0.5, 0.6) is 0 Å². The molecule has 1 aliphatic heterocycles. The molecule has 0 unspecified atom stereocenters. The average Bonchev–Trinajstić information content (AvgIpc) is 3.33. The van der Waals surface area contributed by atoms with Crippen molar-refractivity contribution in [2.75, 3.05) is 13.1 Å². The molecule has 1 saturated heterocycles. The lowest BCUT2D eigenvalue weighted by atomic mass is 9.97. The van der Waals surface area contributed by atoms with Crippen LogP contribution < -0.4 is 0 Å². The highest BCUT2D eigenvalue weighted by atomic mass is 35.5. The summed E-state index contributed by atoms with van der Waals surface area (Å²) in [6.07, 6.45) is 6.74. The number of oxazole rings is 1. The van der Waals surface area contributed by atoms with E-state index in [1.807, 2.05) is 53.4 Å². The van der Waals surface area contributed by atoms with Gasteiger partial charge in [-0.05, 0) is 48.2 Å². The molecule has 1 atom stereocenters. The van der Waals surface area contributed by atoms with Gasteiger partial charge in [0.1, 0.15) is 5.76 Å². The molecule has 1 aliphatic rings. The number of carbonyl (C=O) groups is 1. The van der Waals surface area contributed by atoms with Crippen LogP contribution in [0, 0.1) is 0 Å². The Kier molecular flexibility index (Phi) is 6.72. The number of nitrogens with zero attached hydrogens (tertiary/aromatic N) is 3. The first-order valence-corrected chi connectivity index (χ1v) is 12.0. The van der Waals surface area contributed by atoms with Crippen LogP contribution in [0.3, 0.4) is 0 Å². The topological polar surface area (TPSA) is 59.2 Å². The van der Waals surface area contributed by atoms with Crippen LogP contribution in [-0.2, 0) is 12.8 Å². The highest BCUT2D eigenvalue weighted by molar-refractivity contribution is 6.30. The molecular weight excluding hydrogens is 446 g/mol. The minimum Gasteiger partial charge on any atom is -0.445 e. The van der Waals surface area contributed by atoms with E-state index in [1.54, 1.807) is 18.5 Å². The van der Waals surface area contributed by atoms with Gasteiger partial charge in [0.15, 0.2) is 5.89 Å². The second-order valence-corrected chi connectivity index (χ2v) is 9.20. The number of carbonyl (C=O) groups excluding carboxylic acids is 1. The summed E-state index contributed by atoms with van der Waals surface area (Å²) < 4.78 is 6.08. The van der Waals surface area contributed by atoms with E-state index in [2.05, 4.69) is 22.1 Å². The monoisotopic (exact) mass is 471 g/mol. The van der Waals surface area contributed by atoms with Crippen molar-refractivity contribution in [2.24, 2.45) is 0 Å². The van der Waals surface area contributed by atoms with E-state index in [1.165, 1.54) is 5.56 Å². The van der Waals surface area contributed by atoms with E-state index in [0.717, 1.165) is 36.4 Å². The minimum atomic E-state index is 0.0344. The second kappa shape index (κ2) is 10.2. The van der Waals surface area contributed by atoms with Crippen LogP contribution in [0.4, 0.5) is 0 Å². The molecule has 0 aliphatic carbocycles. The molecule has 4 aromatic rings. The van der Waals surface area contributed by atoms with Gasteiger partial charge in [-0.15, -0.1) is 0 Å². The van der Waals surface area contributed by atoms with Gasteiger partial charge in [-0.25, -0.2) is 4.98 Å². The Hall–Kier alpha value is -3.44. The number of likely N-dealkylation sites (tertiary alicyclic amines) is 1. The molecule has 3 heterocycles. The molecule has 5 nitrogen and oxygen atoms in total. The van der Waals surface area contributed by atoms with E-state index >= 15 is 0 Å². The summed E-state index contributed by atoms with van der Waals surface area (Å²) in [6.45, 7) is 1.34. The number of piperidine rings is 1. The Morgan fingerprint density at radius 3 is 2.71 bits per heavy atom. The van der Waals surface area contributed by atoms with E-state index in [0.29, 0.717) is 35.9 Å². The smallest absolute Gasteiger partial charge is 0.253 e. The van der Waals surface area contributed by atoms with Crippen molar-refractivity contribution >= 4 is 17.5 Å². The SMILES string of the molecule is O=C(c1ccnc(Cc2ccccc2)c1)N1CCC[C@H](c2ncc(Cc3cccc(Cl)c3)o2)C1. The number of benzene rings is 2. The molecule has 172 valence electrons. The largest absolute Gasteiger partial charge is 0.445 e. The van der Waals surface area contributed by atoms with Crippen molar-refractivity contribution in [3.05, 3.63) is 118 Å². The first-order valence-electron chi connectivity index (χ1n) is 11.6. The molecule has 2 aromatic heterocycles. The summed E-state index contributed by atoms with van der Waals surface area (Å²) in [4.78, 5) is 24.2.